The fraction of sp³-hybridized carbons (Fsp3) is 0.250. The maximum Gasteiger partial charge on any atom is 0.249 e. The molecule has 2 aromatic carbocycles. The highest BCUT2D eigenvalue weighted by molar-refractivity contribution is 6.19. The average molecular weight is 317 g/mol. The van der Waals surface area contributed by atoms with Gasteiger partial charge < -0.3 is 5.32 Å². The van der Waals surface area contributed by atoms with E-state index in [1.807, 2.05) is 37.3 Å². The zero-order valence-electron chi connectivity index (χ0n) is 13.8. The lowest BCUT2D eigenvalue weighted by Gasteiger charge is -2.17. The number of anilines is 1. The number of nitrogens with zero attached hydrogens (tertiary/aromatic N) is 2. The molecule has 0 unspecified atom stereocenters. The van der Waals surface area contributed by atoms with Crippen molar-refractivity contribution in [2.75, 3.05) is 5.32 Å². The largest absolute Gasteiger partial charge is 0.324 e. The second kappa shape index (κ2) is 6.67. The summed E-state index contributed by atoms with van der Waals surface area (Å²) in [5.41, 5.74) is 3.74. The molecule has 0 saturated heterocycles. The van der Waals surface area contributed by atoms with Crippen LogP contribution in [-0.4, -0.2) is 17.7 Å². The van der Waals surface area contributed by atoms with Gasteiger partial charge in [0.15, 0.2) is 0 Å². The summed E-state index contributed by atoms with van der Waals surface area (Å²) >= 11 is 0. The first-order valence-electron chi connectivity index (χ1n) is 8.12. The minimum absolute atomic E-state index is 0.0961. The molecule has 1 heterocycles. The van der Waals surface area contributed by atoms with Crippen molar-refractivity contribution in [2.24, 2.45) is 10.9 Å². The summed E-state index contributed by atoms with van der Waals surface area (Å²) in [4.78, 5) is 17.4. The van der Waals surface area contributed by atoms with Crippen molar-refractivity contribution in [3.05, 3.63) is 65.2 Å². The molecule has 0 aliphatic carbocycles. The standard InChI is InChI=1S/C20H19N3O/c1-3-13(2)18-20(24)22-17-10-9-14(12-21)11-16(17)19(23-18)15-7-5-4-6-8-15/h4-11,13,18H,3H2,1-2H3,(H,22,24)/t13-,18-/m0/s1. The number of carbonyl (C=O) groups is 1. The van der Waals surface area contributed by atoms with Gasteiger partial charge in [0.2, 0.25) is 5.91 Å². The molecule has 24 heavy (non-hydrogen) atoms. The molecule has 0 saturated carbocycles. The molecule has 1 aliphatic rings. The smallest absolute Gasteiger partial charge is 0.249 e. The predicted octanol–water partition coefficient (Wildman–Crippen LogP) is 3.76. The van der Waals surface area contributed by atoms with Crippen LogP contribution in [0.1, 0.15) is 37.0 Å². The van der Waals surface area contributed by atoms with Gasteiger partial charge in [-0.2, -0.15) is 5.26 Å². The first-order valence-corrected chi connectivity index (χ1v) is 8.12. The Kier molecular flexibility index (Phi) is 4.43. The zero-order valence-corrected chi connectivity index (χ0v) is 13.8. The lowest BCUT2D eigenvalue weighted by Crippen LogP contribution is -2.31. The van der Waals surface area contributed by atoms with Gasteiger partial charge in [0.25, 0.3) is 0 Å². The number of hydrogen-bond donors (Lipinski definition) is 1. The lowest BCUT2D eigenvalue weighted by atomic mass is 9.97. The van der Waals surface area contributed by atoms with Crippen LogP contribution in [-0.2, 0) is 4.79 Å². The molecule has 1 N–H and O–H groups in total. The Hall–Kier alpha value is -2.93. The highest BCUT2D eigenvalue weighted by Gasteiger charge is 2.29. The molecule has 3 rings (SSSR count). The second-order valence-corrected chi connectivity index (χ2v) is 6.04. The zero-order chi connectivity index (χ0) is 17.1. The van der Waals surface area contributed by atoms with E-state index in [-0.39, 0.29) is 11.8 Å². The van der Waals surface area contributed by atoms with Crippen molar-refractivity contribution >= 4 is 17.3 Å². The lowest BCUT2D eigenvalue weighted by molar-refractivity contribution is -0.118. The van der Waals surface area contributed by atoms with Crippen LogP contribution in [0.2, 0.25) is 0 Å². The Morgan fingerprint density at radius 3 is 2.67 bits per heavy atom. The van der Waals surface area contributed by atoms with Crippen molar-refractivity contribution < 1.29 is 4.79 Å². The van der Waals surface area contributed by atoms with Crippen LogP contribution in [0.5, 0.6) is 0 Å². The number of hydrogen-bond acceptors (Lipinski definition) is 3. The van der Waals surface area contributed by atoms with Crippen molar-refractivity contribution in [2.45, 2.75) is 26.3 Å². The molecule has 4 nitrogen and oxygen atoms in total. The molecule has 0 aromatic heterocycles. The van der Waals surface area contributed by atoms with E-state index in [2.05, 4.69) is 18.3 Å². The van der Waals surface area contributed by atoms with Crippen molar-refractivity contribution in [1.29, 1.82) is 5.26 Å². The highest BCUT2D eigenvalue weighted by atomic mass is 16.2. The Morgan fingerprint density at radius 2 is 2.00 bits per heavy atom. The summed E-state index contributed by atoms with van der Waals surface area (Å²) in [6.07, 6.45) is 0.865. The van der Waals surface area contributed by atoms with Gasteiger partial charge in [-0.3, -0.25) is 9.79 Å². The van der Waals surface area contributed by atoms with E-state index in [4.69, 9.17) is 4.99 Å². The molecular weight excluding hydrogens is 298 g/mol. The number of nitrogens with one attached hydrogen (secondary N) is 1. The maximum absolute atomic E-state index is 12.6. The van der Waals surface area contributed by atoms with E-state index in [0.29, 0.717) is 11.3 Å². The number of fused-ring (bicyclic) bond motifs is 1. The van der Waals surface area contributed by atoms with Crippen LogP contribution in [0.15, 0.2) is 53.5 Å². The molecular formula is C20H19N3O. The van der Waals surface area contributed by atoms with E-state index < -0.39 is 6.04 Å². The third-order valence-electron chi connectivity index (χ3n) is 4.43. The van der Waals surface area contributed by atoms with Gasteiger partial charge in [-0.05, 0) is 24.1 Å². The Morgan fingerprint density at radius 1 is 1.25 bits per heavy atom. The second-order valence-electron chi connectivity index (χ2n) is 6.04. The Bertz CT molecular complexity index is 834. The van der Waals surface area contributed by atoms with Gasteiger partial charge in [-0.15, -0.1) is 0 Å². The fourth-order valence-electron chi connectivity index (χ4n) is 2.83. The third-order valence-corrected chi connectivity index (χ3v) is 4.43. The summed E-state index contributed by atoms with van der Waals surface area (Å²) in [5, 5.41) is 12.2. The van der Waals surface area contributed by atoms with Gasteiger partial charge in [-0.25, -0.2) is 0 Å². The predicted molar refractivity (Wildman–Crippen MR) is 95.1 cm³/mol. The molecule has 1 amide bonds. The van der Waals surface area contributed by atoms with Crippen LogP contribution in [0.3, 0.4) is 0 Å². The number of benzodiazepines with no additional fused rings is 1. The van der Waals surface area contributed by atoms with Crippen LogP contribution < -0.4 is 5.32 Å². The molecule has 0 fully saturated rings. The molecule has 0 radical (unpaired) electrons. The quantitative estimate of drug-likeness (QED) is 0.936. The SMILES string of the molecule is CC[C@H](C)[C@@H]1N=C(c2ccccc2)c2cc(C#N)ccc2NC1=O. The van der Waals surface area contributed by atoms with Crippen LogP contribution in [0.25, 0.3) is 0 Å². The van der Waals surface area contributed by atoms with Crippen LogP contribution in [0, 0.1) is 17.2 Å². The normalized spacial score (nSPS) is 17.8. The summed E-state index contributed by atoms with van der Waals surface area (Å²) in [6.45, 7) is 4.09. The average Bonchev–Trinajstić information content (AvgIpc) is 2.77. The first kappa shape index (κ1) is 15.9. The topological polar surface area (TPSA) is 65.2 Å². The van der Waals surface area contributed by atoms with E-state index in [9.17, 15) is 10.1 Å². The van der Waals surface area contributed by atoms with Gasteiger partial charge in [-0.1, -0.05) is 50.6 Å². The number of aliphatic imine (C=N–C) groups is 1. The monoisotopic (exact) mass is 317 g/mol. The maximum atomic E-state index is 12.6. The summed E-state index contributed by atoms with van der Waals surface area (Å²) < 4.78 is 0. The van der Waals surface area contributed by atoms with Crippen molar-refractivity contribution in [3.63, 3.8) is 0 Å². The summed E-state index contributed by atoms with van der Waals surface area (Å²) in [7, 11) is 0. The Balaban J connectivity index is 2.23. The van der Waals surface area contributed by atoms with E-state index in [0.717, 1.165) is 23.3 Å². The van der Waals surface area contributed by atoms with Gasteiger partial charge >= 0.3 is 0 Å². The molecule has 2 atom stereocenters. The minimum Gasteiger partial charge on any atom is -0.324 e. The highest BCUT2D eigenvalue weighted by Crippen LogP contribution is 2.27. The molecule has 120 valence electrons. The van der Waals surface area contributed by atoms with Crippen LogP contribution >= 0.6 is 0 Å². The number of rotatable bonds is 3. The Labute approximate surface area is 141 Å². The molecule has 0 spiro atoms. The third kappa shape index (κ3) is 2.93. The summed E-state index contributed by atoms with van der Waals surface area (Å²) in [6, 6.07) is 16.8. The van der Waals surface area contributed by atoms with Gasteiger partial charge in [0.1, 0.15) is 6.04 Å². The number of benzene rings is 2. The minimum atomic E-state index is -0.442. The van der Waals surface area contributed by atoms with Gasteiger partial charge in [0, 0.05) is 11.1 Å². The van der Waals surface area contributed by atoms with E-state index >= 15 is 0 Å². The van der Waals surface area contributed by atoms with E-state index in [1.165, 1.54) is 0 Å². The summed E-state index contributed by atoms with van der Waals surface area (Å²) in [5.74, 6) is 0.0368. The number of carbonyl (C=O) groups excluding carboxylic acids is 1. The molecule has 4 heteroatoms. The van der Waals surface area contributed by atoms with Crippen molar-refractivity contribution in [3.8, 4) is 6.07 Å². The number of nitriles is 1. The molecule has 2 aromatic rings. The van der Waals surface area contributed by atoms with Crippen molar-refractivity contribution in [1.82, 2.24) is 0 Å². The van der Waals surface area contributed by atoms with Gasteiger partial charge in [0.05, 0.1) is 23.0 Å². The number of amides is 1. The molecule has 0 bridgehead atoms. The fourth-order valence-corrected chi connectivity index (χ4v) is 2.83. The molecule has 1 aliphatic heterocycles. The van der Waals surface area contributed by atoms with Crippen LogP contribution in [0.4, 0.5) is 5.69 Å². The first-order chi connectivity index (χ1) is 11.6. The van der Waals surface area contributed by atoms with E-state index in [1.54, 1.807) is 18.2 Å².